The number of nitrogens with zero attached hydrogens (tertiary/aromatic N) is 2. The van der Waals surface area contributed by atoms with Crippen molar-refractivity contribution in [1.82, 2.24) is 9.97 Å². The van der Waals surface area contributed by atoms with Crippen LogP contribution in [-0.4, -0.2) is 37.4 Å². The van der Waals surface area contributed by atoms with Gasteiger partial charge in [0, 0.05) is 24.9 Å². The first-order chi connectivity index (χ1) is 12.6. The lowest BCUT2D eigenvalue weighted by Crippen LogP contribution is -2.05. The van der Waals surface area contributed by atoms with Crippen LogP contribution in [-0.2, 0) is 4.74 Å². The standard InChI is InChI=1S/C18H18FN3O4/c1-23-5-6-25-17-8-12-14(9-16(17)24-2)21-10-22-18(12)26-15-4-3-11(20)7-13(15)19/h3-4,7-10H,5-6,20H2,1-2H3. The minimum Gasteiger partial charge on any atom is -0.493 e. The number of halogens is 1. The number of hydrogen-bond acceptors (Lipinski definition) is 7. The maximum Gasteiger partial charge on any atom is 0.230 e. The molecule has 0 aliphatic heterocycles. The Morgan fingerprint density at radius 1 is 1.00 bits per heavy atom. The first kappa shape index (κ1) is 17.7. The molecule has 26 heavy (non-hydrogen) atoms. The summed E-state index contributed by atoms with van der Waals surface area (Å²) in [5.74, 6) is 0.614. The van der Waals surface area contributed by atoms with Gasteiger partial charge in [-0.3, -0.25) is 0 Å². The molecule has 8 heteroatoms. The van der Waals surface area contributed by atoms with E-state index in [9.17, 15) is 4.39 Å². The zero-order valence-electron chi connectivity index (χ0n) is 14.4. The number of aromatic nitrogens is 2. The fraction of sp³-hybridized carbons (Fsp3) is 0.222. The second-order valence-electron chi connectivity index (χ2n) is 5.33. The third-order valence-corrected chi connectivity index (χ3v) is 3.59. The van der Waals surface area contributed by atoms with Gasteiger partial charge in [-0.15, -0.1) is 0 Å². The lowest BCUT2D eigenvalue weighted by atomic mass is 10.2. The quantitative estimate of drug-likeness (QED) is 0.512. The molecule has 0 saturated heterocycles. The summed E-state index contributed by atoms with van der Waals surface area (Å²) >= 11 is 0. The maximum atomic E-state index is 14.0. The highest BCUT2D eigenvalue weighted by atomic mass is 19.1. The average molecular weight is 359 g/mol. The number of nitrogen functional groups attached to an aromatic ring is 1. The van der Waals surface area contributed by atoms with Crippen LogP contribution in [0.3, 0.4) is 0 Å². The summed E-state index contributed by atoms with van der Waals surface area (Å²) in [4.78, 5) is 8.31. The predicted octanol–water partition coefficient (Wildman–Crippen LogP) is 3.18. The van der Waals surface area contributed by atoms with Crippen molar-refractivity contribution in [3.8, 4) is 23.1 Å². The fourth-order valence-corrected chi connectivity index (χ4v) is 2.33. The topological polar surface area (TPSA) is 88.7 Å². The molecular formula is C18H18FN3O4. The number of anilines is 1. The lowest BCUT2D eigenvalue weighted by Gasteiger charge is -2.13. The largest absolute Gasteiger partial charge is 0.493 e. The monoisotopic (exact) mass is 359 g/mol. The summed E-state index contributed by atoms with van der Waals surface area (Å²) in [6.07, 6.45) is 1.33. The molecular weight excluding hydrogens is 341 g/mol. The van der Waals surface area contributed by atoms with Crippen LogP contribution in [0.5, 0.6) is 23.1 Å². The Morgan fingerprint density at radius 3 is 2.58 bits per heavy atom. The van der Waals surface area contributed by atoms with E-state index in [1.807, 2.05) is 0 Å². The second-order valence-corrected chi connectivity index (χ2v) is 5.33. The molecule has 0 atom stereocenters. The number of fused-ring (bicyclic) bond motifs is 1. The lowest BCUT2D eigenvalue weighted by molar-refractivity contribution is 0.144. The average Bonchev–Trinajstić information content (AvgIpc) is 2.64. The molecule has 0 aliphatic rings. The van der Waals surface area contributed by atoms with E-state index in [1.54, 1.807) is 25.3 Å². The van der Waals surface area contributed by atoms with Gasteiger partial charge in [-0.05, 0) is 18.2 Å². The number of benzene rings is 2. The van der Waals surface area contributed by atoms with E-state index in [1.165, 1.54) is 25.6 Å². The summed E-state index contributed by atoms with van der Waals surface area (Å²) < 4.78 is 35.6. The molecule has 3 aromatic rings. The third kappa shape index (κ3) is 3.75. The SMILES string of the molecule is COCCOc1cc2c(Oc3ccc(N)cc3F)ncnc2cc1OC. The summed E-state index contributed by atoms with van der Waals surface area (Å²) in [6.45, 7) is 0.765. The molecule has 0 unspecified atom stereocenters. The van der Waals surface area contributed by atoms with E-state index >= 15 is 0 Å². The predicted molar refractivity (Wildman–Crippen MR) is 94.3 cm³/mol. The first-order valence-electron chi connectivity index (χ1n) is 7.79. The van der Waals surface area contributed by atoms with Crippen molar-refractivity contribution >= 4 is 16.6 Å². The van der Waals surface area contributed by atoms with Crippen molar-refractivity contribution in [2.75, 3.05) is 33.2 Å². The molecule has 0 aliphatic carbocycles. The van der Waals surface area contributed by atoms with Gasteiger partial charge in [-0.1, -0.05) is 0 Å². The van der Waals surface area contributed by atoms with Crippen LogP contribution in [0.1, 0.15) is 0 Å². The number of methoxy groups -OCH3 is 2. The van der Waals surface area contributed by atoms with Crippen molar-refractivity contribution in [1.29, 1.82) is 0 Å². The van der Waals surface area contributed by atoms with Gasteiger partial charge in [-0.2, -0.15) is 0 Å². The Balaban J connectivity index is 2.00. The summed E-state index contributed by atoms with van der Waals surface area (Å²) in [5, 5.41) is 0.553. The molecule has 1 heterocycles. The van der Waals surface area contributed by atoms with E-state index in [-0.39, 0.29) is 11.6 Å². The van der Waals surface area contributed by atoms with Crippen molar-refractivity contribution in [2.45, 2.75) is 0 Å². The Kier molecular flexibility index (Phi) is 5.33. The van der Waals surface area contributed by atoms with E-state index in [0.717, 1.165) is 0 Å². The van der Waals surface area contributed by atoms with Crippen molar-refractivity contribution in [3.05, 3.63) is 42.5 Å². The van der Waals surface area contributed by atoms with Gasteiger partial charge in [-0.25, -0.2) is 14.4 Å². The van der Waals surface area contributed by atoms with E-state index in [2.05, 4.69) is 9.97 Å². The Bertz CT molecular complexity index is 920. The van der Waals surface area contributed by atoms with Crippen LogP contribution in [0.25, 0.3) is 10.9 Å². The van der Waals surface area contributed by atoms with Gasteiger partial charge in [0.1, 0.15) is 12.9 Å². The van der Waals surface area contributed by atoms with Gasteiger partial charge < -0.3 is 24.7 Å². The highest BCUT2D eigenvalue weighted by Crippen LogP contribution is 2.36. The zero-order chi connectivity index (χ0) is 18.5. The third-order valence-electron chi connectivity index (χ3n) is 3.59. The van der Waals surface area contributed by atoms with E-state index in [0.29, 0.717) is 41.3 Å². The molecule has 3 rings (SSSR count). The molecule has 0 spiro atoms. The van der Waals surface area contributed by atoms with Gasteiger partial charge in [0.25, 0.3) is 0 Å². The van der Waals surface area contributed by atoms with Crippen LogP contribution < -0.4 is 19.9 Å². The molecule has 0 amide bonds. The van der Waals surface area contributed by atoms with Gasteiger partial charge in [0.2, 0.25) is 5.88 Å². The van der Waals surface area contributed by atoms with E-state index in [4.69, 9.17) is 24.7 Å². The van der Waals surface area contributed by atoms with Gasteiger partial charge >= 0.3 is 0 Å². The molecule has 0 radical (unpaired) electrons. The number of rotatable bonds is 7. The number of ether oxygens (including phenoxy) is 4. The Hall–Kier alpha value is -3.13. The Morgan fingerprint density at radius 2 is 1.85 bits per heavy atom. The van der Waals surface area contributed by atoms with Crippen LogP contribution >= 0.6 is 0 Å². The smallest absolute Gasteiger partial charge is 0.230 e. The molecule has 2 N–H and O–H groups in total. The normalized spacial score (nSPS) is 10.7. The molecule has 0 bridgehead atoms. The first-order valence-corrected chi connectivity index (χ1v) is 7.79. The summed E-state index contributed by atoms with van der Waals surface area (Å²) in [5.41, 5.74) is 6.44. The van der Waals surface area contributed by atoms with Crippen LogP contribution in [0.15, 0.2) is 36.7 Å². The zero-order valence-corrected chi connectivity index (χ0v) is 14.4. The molecule has 7 nitrogen and oxygen atoms in total. The van der Waals surface area contributed by atoms with Crippen LogP contribution in [0.4, 0.5) is 10.1 Å². The van der Waals surface area contributed by atoms with E-state index < -0.39 is 5.82 Å². The summed E-state index contributed by atoms with van der Waals surface area (Å²) in [6, 6.07) is 7.56. The molecule has 0 fully saturated rings. The number of hydrogen-bond donors (Lipinski definition) is 1. The Labute approximate surface area is 149 Å². The van der Waals surface area contributed by atoms with Crippen LogP contribution in [0.2, 0.25) is 0 Å². The minimum absolute atomic E-state index is 0.0110. The van der Waals surface area contributed by atoms with Crippen molar-refractivity contribution in [2.24, 2.45) is 0 Å². The fourth-order valence-electron chi connectivity index (χ4n) is 2.33. The second kappa shape index (κ2) is 7.83. The highest BCUT2D eigenvalue weighted by molar-refractivity contribution is 5.87. The maximum absolute atomic E-state index is 14.0. The van der Waals surface area contributed by atoms with Crippen molar-refractivity contribution in [3.63, 3.8) is 0 Å². The molecule has 136 valence electrons. The molecule has 1 aromatic heterocycles. The van der Waals surface area contributed by atoms with Crippen molar-refractivity contribution < 1.29 is 23.3 Å². The molecule has 2 aromatic carbocycles. The number of nitrogens with two attached hydrogens (primary N) is 1. The van der Waals surface area contributed by atoms with Crippen LogP contribution in [0, 0.1) is 5.82 Å². The molecule has 0 saturated carbocycles. The highest BCUT2D eigenvalue weighted by Gasteiger charge is 2.14. The van der Waals surface area contributed by atoms with Gasteiger partial charge in [0.15, 0.2) is 23.1 Å². The summed E-state index contributed by atoms with van der Waals surface area (Å²) in [7, 11) is 3.12. The minimum atomic E-state index is -0.582. The van der Waals surface area contributed by atoms with Gasteiger partial charge in [0.05, 0.1) is 24.6 Å².